The minimum atomic E-state index is -2.57. The van der Waals surface area contributed by atoms with Gasteiger partial charge in [-0.15, -0.1) is 0 Å². The van der Waals surface area contributed by atoms with Crippen LogP contribution in [0, 0.1) is 5.92 Å². The van der Waals surface area contributed by atoms with Crippen LogP contribution in [0.1, 0.15) is 48.4 Å². The summed E-state index contributed by atoms with van der Waals surface area (Å²) in [7, 11) is -0.933. The number of hydrogen-bond donors (Lipinski definition) is 1. The predicted octanol–water partition coefficient (Wildman–Crippen LogP) is 8.05. The van der Waals surface area contributed by atoms with Crippen LogP contribution in [-0.4, -0.2) is 67.9 Å². The molecule has 0 bridgehead atoms. The van der Waals surface area contributed by atoms with Crippen molar-refractivity contribution in [2.24, 2.45) is 11.0 Å². The van der Waals surface area contributed by atoms with Gasteiger partial charge in [-0.3, -0.25) is 14.4 Å². The number of aliphatic hydroxyl groups is 1. The van der Waals surface area contributed by atoms with Gasteiger partial charge in [0.2, 0.25) is 11.8 Å². The van der Waals surface area contributed by atoms with Crippen LogP contribution >= 0.6 is 11.6 Å². The van der Waals surface area contributed by atoms with E-state index in [2.05, 4.69) is 32.2 Å². The molecule has 0 radical (unpaired) electrons. The van der Waals surface area contributed by atoms with Gasteiger partial charge in [0.05, 0.1) is 57.9 Å². The predicted molar refractivity (Wildman–Crippen MR) is 242 cm³/mol. The van der Waals surface area contributed by atoms with E-state index in [1.807, 2.05) is 109 Å². The number of carbonyl (C=O) groups is 3. The monoisotopic (exact) mass is 854 g/mol. The maximum Gasteiger partial charge on any atom is 0.264 e. The van der Waals surface area contributed by atoms with Crippen LogP contribution in [0.25, 0.3) is 0 Å². The molecule has 61 heavy (non-hydrogen) atoms. The molecule has 1 N–H and O–H groups in total. The molecule has 3 aliphatic heterocycles. The second-order valence-electron chi connectivity index (χ2n) is 16.7. The van der Waals surface area contributed by atoms with Gasteiger partial charge in [0.25, 0.3) is 5.91 Å². The standard InChI is InChI=1S/C49H51ClN4O6Si/c1-33-47(61(3,4)40-21-19-39(59-2)20-22-40)44(30-46(57)52(26-27-55)31-34-12-7-5-8-13-34)60-49(33)41-29-37(50)18-24-43(41)53(48(49)58)32-35-14-11-17-38(28-35)54-45(56)25-23-42(51-54)36-15-9-6-10-16-36/h5-22,24,28-29,33,44,47,55H,23,25-27,30-32H2,1-4H3/t33-,44+,47-,49+/m0/s1. The summed E-state index contributed by atoms with van der Waals surface area (Å²) < 4.78 is 12.8. The Labute approximate surface area is 363 Å². The van der Waals surface area contributed by atoms with Crippen LogP contribution in [0.2, 0.25) is 23.7 Å². The molecule has 1 fully saturated rings. The first-order valence-corrected chi connectivity index (χ1v) is 24.3. The summed E-state index contributed by atoms with van der Waals surface area (Å²) in [5, 5.41) is 17.9. The van der Waals surface area contributed by atoms with Gasteiger partial charge in [0.1, 0.15) is 5.75 Å². The first kappa shape index (κ1) is 42.1. The molecule has 3 aliphatic rings. The average molecular weight is 856 g/mol. The molecule has 314 valence electrons. The van der Waals surface area contributed by atoms with Crippen LogP contribution in [0.15, 0.2) is 132 Å². The Kier molecular flexibility index (Phi) is 12.0. The van der Waals surface area contributed by atoms with Crippen LogP contribution in [-0.2, 0) is 37.8 Å². The fourth-order valence-corrected chi connectivity index (χ4v) is 13.9. The zero-order valence-electron chi connectivity index (χ0n) is 35.0. The Morgan fingerprint density at radius 3 is 2.33 bits per heavy atom. The van der Waals surface area contributed by atoms with Gasteiger partial charge < -0.3 is 24.4 Å². The number of aliphatic hydroxyl groups excluding tert-OH is 1. The lowest BCUT2D eigenvalue weighted by Gasteiger charge is -2.37. The molecule has 10 nitrogen and oxygen atoms in total. The first-order valence-electron chi connectivity index (χ1n) is 20.9. The summed E-state index contributed by atoms with van der Waals surface area (Å²) in [6.07, 6.45) is 0.277. The number of rotatable bonds is 13. The summed E-state index contributed by atoms with van der Waals surface area (Å²) in [4.78, 5) is 46.7. The Morgan fingerprint density at radius 1 is 0.918 bits per heavy atom. The molecule has 0 aromatic heterocycles. The molecule has 3 heterocycles. The Balaban J connectivity index is 1.16. The second-order valence-corrected chi connectivity index (χ2v) is 21.8. The van der Waals surface area contributed by atoms with E-state index in [4.69, 9.17) is 26.2 Å². The molecule has 5 aromatic carbocycles. The number of ether oxygens (including phenoxy) is 2. The molecular weight excluding hydrogens is 804 g/mol. The van der Waals surface area contributed by atoms with Gasteiger partial charge in [-0.05, 0) is 64.7 Å². The molecule has 1 saturated heterocycles. The highest BCUT2D eigenvalue weighted by molar-refractivity contribution is 6.91. The minimum Gasteiger partial charge on any atom is -0.497 e. The Morgan fingerprint density at radius 2 is 1.62 bits per heavy atom. The first-order chi connectivity index (χ1) is 29.4. The highest BCUT2D eigenvalue weighted by Crippen LogP contribution is 2.60. The Bertz CT molecular complexity index is 2450. The lowest BCUT2D eigenvalue weighted by molar-refractivity contribution is -0.150. The van der Waals surface area contributed by atoms with E-state index in [0.29, 0.717) is 41.3 Å². The fourth-order valence-electron chi connectivity index (χ4n) is 9.72. The van der Waals surface area contributed by atoms with Crippen LogP contribution in [0.3, 0.4) is 0 Å². The van der Waals surface area contributed by atoms with E-state index in [-0.39, 0.29) is 55.3 Å². The molecule has 4 atom stereocenters. The van der Waals surface area contributed by atoms with E-state index in [1.54, 1.807) is 23.0 Å². The van der Waals surface area contributed by atoms with Gasteiger partial charge in [0.15, 0.2) is 5.60 Å². The van der Waals surface area contributed by atoms with Crippen molar-refractivity contribution in [2.45, 2.75) is 69.6 Å². The maximum atomic E-state index is 15.5. The van der Waals surface area contributed by atoms with Crippen molar-refractivity contribution in [1.29, 1.82) is 0 Å². The van der Waals surface area contributed by atoms with Crippen molar-refractivity contribution < 1.29 is 29.0 Å². The van der Waals surface area contributed by atoms with Crippen molar-refractivity contribution >= 4 is 59.7 Å². The van der Waals surface area contributed by atoms with Gasteiger partial charge in [-0.2, -0.15) is 5.10 Å². The largest absolute Gasteiger partial charge is 0.497 e. The smallest absolute Gasteiger partial charge is 0.264 e. The molecular formula is C49H51ClN4O6Si. The lowest BCUT2D eigenvalue weighted by Crippen LogP contribution is -2.52. The van der Waals surface area contributed by atoms with Crippen LogP contribution in [0.5, 0.6) is 5.75 Å². The number of amides is 3. The van der Waals surface area contributed by atoms with Gasteiger partial charge in [0, 0.05) is 42.4 Å². The van der Waals surface area contributed by atoms with Crippen LogP contribution in [0.4, 0.5) is 11.4 Å². The van der Waals surface area contributed by atoms with E-state index in [9.17, 15) is 14.7 Å². The van der Waals surface area contributed by atoms with E-state index in [1.165, 1.54) is 5.01 Å². The quantitative estimate of drug-likeness (QED) is 0.120. The lowest BCUT2D eigenvalue weighted by atomic mass is 9.82. The third kappa shape index (κ3) is 8.03. The molecule has 0 saturated carbocycles. The number of methoxy groups -OCH3 is 1. The molecule has 12 heteroatoms. The van der Waals surface area contributed by atoms with Crippen molar-refractivity contribution in [2.75, 3.05) is 30.2 Å². The Hall–Kier alpha value is -5.59. The number of nitrogens with zero attached hydrogens (tertiary/aromatic N) is 4. The number of hydrazone groups is 1. The zero-order valence-corrected chi connectivity index (χ0v) is 36.7. The van der Waals surface area contributed by atoms with E-state index < -0.39 is 19.8 Å². The molecule has 1 spiro atoms. The van der Waals surface area contributed by atoms with Crippen molar-refractivity contribution in [3.05, 3.63) is 155 Å². The summed E-state index contributed by atoms with van der Waals surface area (Å²) in [6.45, 7) is 7.15. The number of hydrogen-bond acceptors (Lipinski definition) is 7. The minimum absolute atomic E-state index is 0.0246. The third-order valence-corrected chi connectivity index (χ3v) is 17.3. The van der Waals surface area contributed by atoms with Gasteiger partial charge in [-0.25, -0.2) is 5.01 Å². The maximum absolute atomic E-state index is 15.5. The number of fused-ring (bicyclic) bond motifs is 2. The number of anilines is 2. The van der Waals surface area contributed by atoms with Gasteiger partial charge in [-0.1, -0.05) is 122 Å². The molecule has 3 amide bonds. The molecule has 5 aromatic rings. The van der Waals surface area contributed by atoms with E-state index >= 15 is 4.79 Å². The highest BCUT2D eigenvalue weighted by atomic mass is 35.5. The molecule has 8 rings (SSSR count). The normalized spacial score (nSPS) is 21.1. The van der Waals surface area contributed by atoms with Gasteiger partial charge >= 0.3 is 0 Å². The number of benzene rings is 5. The second kappa shape index (κ2) is 17.4. The molecule has 0 aliphatic carbocycles. The fraction of sp³-hybridized carbons (Fsp3) is 0.306. The van der Waals surface area contributed by atoms with Crippen LogP contribution < -0.4 is 19.8 Å². The van der Waals surface area contributed by atoms with Crippen molar-refractivity contribution in [3.8, 4) is 5.75 Å². The highest BCUT2D eigenvalue weighted by Gasteiger charge is 2.66. The zero-order chi connectivity index (χ0) is 42.9. The summed E-state index contributed by atoms with van der Waals surface area (Å²) in [5.74, 6) is -0.107. The van der Waals surface area contributed by atoms with Crippen molar-refractivity contribution in [3.63, 3.8) is 0 Å². The SMILES string of the molecule is COc1ccc([Si](C)(C)[C@@H]2[C@@H](CC(=O)N(CCO)Cc3ccccc3)O[C@]3(C(=O)N(Cc4cccc(N5N=C(c6ccccc6)CCC5=O)c4)c4ccc(Cl)cc43)[C@H]2C)cc1. The molecule has 0 unspecified atom stereocenters. The average Bonchev–Trinajstić information content (AvgIpc) is 3.69. The summed E-state index contributed by atoms with van der Waals surface area (Å²) in [5.41, 5.74) is 3.91. The summed E-state index contributed by atoms with van der Waals surface area (Å²) >= 11 is 6.77. The number of halogens is 1. The van der Waals surface area contributed by atoms with Crippen molar-refractivity contribution in [1.82, 2.24) is 4.90 Å². The summed E-state index contributed by atoms with van der Waals surface area (Å²) in [6, 6.07) is 40.8. The van der Waals surface area contributed by atoms with E-state index in [0.717, 1.165) is 33.3 Å². The third-order valence-electron chi connectivity index (χ3n) is 12.7. The topological polar surface area (TPSA) is 112 Å². The number of carbonyl (C=O) groups excluding carboxylic acids is 3.